The number of hydrogen-bond acceptors (Lipinski definition) is 6. The first-order valence-corrected chi connectivity index (χ1v) is 10.2. The molecule has 0 aliphatic heterocycles. The van der Waals surface area contributed by atoms with Crippen molar-refractivity contribution in [3.8, 4) is 17.0 Å². The molecule has 0 aliphatic rings. The van der Waals surface area contributed by atoms with Gasteiger partial charge in [0.25, 0.3) is 5.91 Å². The topological polar surface area (TPSA) is 91.8 Å². The zero-order valence-corrected chi connectivity index (χ0v) is 17.6. The van der Waals surface area contributed by atoms with Crippen LogP contribution in [0, 0.1) is 0 Å². The highest BCUT2D eigenvalue weighted by molar-refractivity contribution is 7.14. The van der Waals surface area contributed by atoms with Crippen LogP contribution in [0.15, 0.2) is 53.9 Å². The summed E-state index contributed by atoms with van der Waals surface area (Å²) in [5, 5.41) is 14.1. The molecule has 156 valence electrons. The molecule has 2 aromatic carbocycles. The van der Waals surface area contributed by atoms with Gasteiger partial charge in [-0.2, -0.15) is 0 Å². The van der Waals surface area contributed by atoms with Crippen LogP contribution in [0.4, 0.5) is 5.13 Å². The number of thiazole rings is 1. The Hall–Kier alpha value is -3.39. The van der Waals surface area contributed by atoms with E-state index in [4.69, 9.17) is 14.8 Å². The molecule has 3 rings (SSSR count). The maximum absolute atomic E-state index is 12.0. The number of aliphatic carboxylic acids is 1. The van der Waals surface area contributed by atoms with Gasteiger partial charge in [-0.05, 0) is 29.8 Å². The number of hydrogen-bond donors (Lipinski definition) is 2. The van der Waals surface area contributed by atoms with Gasteiger partial charge < -0.3 is 20.1 Å². The lowest BCUT2D eigenvalue weighted by molar-refractivity contribution is -0.136. The monoisotopic (exact) mass is 425 g/mol. The Balaban J connectivity index is 1.61. The number of aromatic nitrogens is 1. The lowest BCUT2D eigenvalue weighted by atomic mass is 10.1. The standard InChI is InChI=1S/C22H23N3O4S/c1-25(22-24-19(14-30-22)17-4-3-5-18(12-17)29-2)13-15-6-8-16(9-7-15)21(28)23-11-10-20(26)27/h3-9,12,14H,10-11,13H2,1-2H3,(H,23,28)(H,26,27). The molecular weight excluding hydrogens is 402 g/mol. The SMILES string of the molecule is COc1cccc(-c2csc(N(C)Cc3ccc(C(=O)NCCC(=O)O)cc3)n2)c1. The quantitative estimate of drug-likeness (QED) is 0.544. The fraction of sp³-hybridized carbons (Fsp3) is 0.227. The molecular formula is C22H23N3O4S. The minimum absolute atomic E-state index is 0.0970. The van der Waals surface area contributed by atoms with Crippen molar-refractivity contribution in [3.05, 3.63) is 65.0 Å². The third kappa shape index (κ3) is 5.57. The van der Waals surface area contributed by atoms with E-state index in [-0.39, 0.29) is 18.9 Å². The van der Waals surface area contributed by atoms with E-state index >= 15 is 0 Å². The van der Waals surface area contributed by atoms with Gasteiger partial charge >= 0.3 is 5.97 Å². The fourth-order valence-corrected chi connectivity index (χ4v) is 3.64. The second-order valence-electron chi connectivity index (χ2n) is 6.70. The number of carboxylic acids is 1. The van der Waals surface area contributed by atoms with E-state index in [0.717, 1.165) is 27.7 Å². The number of nitrogens with zero attached hydrogens (tertiary/aromatic N) is 2. The summed E-state index contributed by atoms with van der Waals surface area (Å²) in [4.78, 5) is 29.3. The molecule has 2 N–H and O–H groups in total. The van der Waals surface area contributed by atoms with E-state index in [1.54, 1.807) is 30.6 Å². The van der Waals surface area contributed by atoms with Crippen LogP contribution in [0.2, 0.25) is 0 Å². The number of anilines is 1. The maximum Gasteiger partial charge on any atom is 0.305 e. The van der Waals surface area contributed by atoms with Gasteiger partial charge in [-0.3, -0.25) is 9.59 Å². The fourth-order valence-electron chi connectivity index (χ4n) is 2.84. The molecule has 0 atom stereocenters. The lowest BCUT2D eigenvalue weighted by Crippen LogP contribution is -2.26. The summed E-state index contributed by atoms with van der Waals surface area (Å²) in [7, 11) is 3.62. The minimum Gasteiger partial charge on any atom is -0.497 e. The van der Waals surface area contributed by atoms with Crippen molar-refractivity contribution in [1.29, 1.82) is 0 Å². The zero-order valence-electron chi connectivity index (χ0n) is 16.8. The molecule has 0 unspecified atom stereocenters. The Morgan fingerprint density at radius 3 is 2.67 bits per heavy atom. The molecule has 7 nitrogen and oxygen atoms in total. The average molecular weight is 426 g/mol. The first-order valence-electron chi connectivity index (χ1n) is 9.36. The van der Waals surface area contributed by atoms with Gasteiger partial charge in [0.05, 0.1) is 19.2 Å². The van der Waals surface area contributed by atoms with Crippen molar-refractivity contribution in [2.24, 2.45) is 0 Å². The average Bonchev–Trinajstić information content (AvgIpc) is 3.24. The van der Waals surface area contributed by atoms with Crippen LogP contribution >= 0.6 is 11.3 Å². The third-order valence-corrected chi connectivity index (χ3v) is 5.40. The lowest BCUT2D eigenvalue weighted by Gasteiger charge is -2.16. The number of rotatable bonds is 9. The molecule has 0 fully saturated rings. The second-order valence-corrected chi connectivity index (χ2v) is 7.54. The van der Waals surface area contributed by atoms with Crippen LogP contribution in [-0.2, 0) is 11.3 Å². The summed E-state index contributed by atoms with van der Waals surface area (Å²) in [5.74, 6) is -0.424. The van der Waals surface area contributed by atoms with Crippen LogP contribution in [0.3, 0.4) is 0 Å². The van der Waals surface area contributed by atoms with Gasteiger partial charge in [-0.1, -0.05) is 24.3 Å². The minimum atomic E-state index is -0.939. The second kappa shape index (κ2) is 9.89. The number of benzene rings is 2. The highest BCUT2D eigenvalue weighted by Gasteiger charge is 2.11. The number of amides is 1. The number of methoxy groups -OCH3 is 1. The van der Waals surface area contributed by atoms with Crippen LogP contribution in [0.25, 0.3) is 11.3 Å². The molecule has 0 aliphatic carbocycles. The van der Waals surface area contributed by atoms with Gasteiger partial charge in [0.15, 0.2) is 5.13 Å². The van der Waals surface area contributed by atoms with Crippen molar-refractivity contribution in [3.63, 3.8) is 0 Å². The van der Waals surface area contributed by atoms with E-state index in [1.807, 2.05) is 48.8 Å². The number of ether oxygens (including phenoxy) is 1. The molecule has 30 heavy (non-hydrogen) atoms. The molecule has 0 radical (unpaired) electrons. The van der Waals surface area contributed by atoms with E-state index in [2.05, 4.69) is 10.2 Å². The smallest absolute Gasteiger partial charge is 0.305 e. The summed E-state index contributed by atoms with van der Waals surface area (Å²) in [5.41, 5.74) is 3.44. The number of carbonyl (C=O) groups is 2. The molecule has 8 heteroatoms. The summed E-state index contributed by atoms with van der Waals surface area (Å²) in [6.07, 6.45) is -0.0970. The van der Waals surface area contributed by atoms with Gasteiger partial charge in [0.1, 0.15) is 5.75 Å². The largest absolute Gasteiger partial charge is 0.497 e. The predicted molar refractivity (Wildman–Crippen MR) is 117 cm³/mol. The summed E-state index contributed by atoms with van der Waals surface area (Å²) >= 11 is 1.57. The molecule has 0 saturated heterocycles. The van der Waals surface area contributed by atoms with Crippen molar-refractivity contribution in [2.45, 2.75) is 13.0 Å². The summed E-state index contributed by atoms with van der Waals surface area (Å²) in [6.45, 7) is 0.754. The van der Waals surface area contributed by atoms with E-state index in [9.17, 15) is 9.59 Å². The molecule has 0 saturated carbocycles. The Labute approximate surface area is 179 Å². The molecule has 1 amide bonds. The Morgan fingerprint density at radius 1 is 1.20 bits per heavy atom. The van der Waals surface area contributed by atoms with Crippen LogP contribution < -0.4 is 15.0 Å². The van der Waals surface area contributed by atoms with Crippen molar-refractivity contribution in [2.75, 3.05) is 25.6 Å². The zero-order chi connectivity index (χ0) is 21.5. The van der Waals surface area contributed by atoms with Crippen molar-refractivity contribution >= 4 is 28.3 Å². The highest BCUT2D eigenvalue weighted by atomic mass is 32.1. The number of nitrogens with one attached hydrogen (secondary N) is 1. The van der Waals surface area contributed by atoms with Gasteiger partial charge in [0.2, 0.25) is 0 Å². The predicted octanol–water partition coefficient (Wildman–Crippen LogP) is 3.66. The molecule has 1 aromatic heterocycles. The Bertz CT molecular complexity index is 1020. The molecule has 0 bridgehead atoms. The van der Waals surface area contributed by atoms with Gasteiger partial charge in [-0.25, -0.2) is 4.98 Å². The van der Waals surface area contributed by atoms with Gasteiger partial charge in [-0.15, -0.1) is 11.3 Å². The van der Waals surface area contributed by atoms with Gasteiger partial charge in [0, 0.05) is 36.6 Å². The molecule has 0 spiro atoms. The van der Waals surface area contributed by atoms with Crippen molar-refractivity contribution in [1.82, 2.24) is 10.3 Å². The van der Waals surface area contributed by atoms with E-state index in [1.165, 1.54) is 0 Å². The molecule has 3 aromatic rings. The van der Waals surface area contributed by atoms with Crippen LogP contribution in [0.5, 0.6) is 5.75 Å². The van der Waals surface area contributed by atoms with Crippen molar-refractivity contribution < 1.29 is 19.4 Å². The normalized spacial score (nSPS) is 10.5. The van der Waals surface area contributed by atoms with E-state index < -0.39 is 5.97 Å². The van der Waals surface area contributed by atoms with Crippen LogP contribution in [-0.4, -0.2) is 42.7 Å². The number of carbonyl (C=O) groups excluding carboxylic acids is 1. The first kappa shape index (κ1) is 21.3. The Kier molecular flexibility index (Phi) is 7.03. The maximum atomic E-state index is 12.0. The summed E-state index contributed by atoms with van der Waals surface area (Å²) in [6, 6.07) is 15.1. The number of carboxylic acid groups (broad SMARTS) is 1. The Morgan fingerprint density at radius 2 is 1.97 bits per heavy atom. The highest BCUT2D eigenvalue weighted by Crippen LogP contribution is 2.29. The summed E-state index contributed by atoms with van der Waals surface area (Å²) < 4.78 is 5.28. The third-order valence-electron chi connectivity index (χ3n) is 4.44. The first-order chi connectivity index (χ1) is 14.5. The van der Waals surface area contributed by atoms with E-state index in [0.29, 0.717) is 12.1 Å². The molecule has 1 heterocycles. The van der Waals surface area contributed by atoms with Crippen LogP contribution in [0.1, 0.15) is 22.3 Å².